The number of halogens is 1. The van der Waals surface area contributed by atoms with Crippen molar-refractivity contribution in [2.45, 2.75) is 12.8 Å². The number of hydrogen-bond donors (Lipinski definition) is 0. The van der Waals surface area contributed by atoms with E-state index in [2.05, 4.69) is 16.7 Å². The van der Waals surface area contributed by atoms with E-state index >= 15 is 0 Å². The van der Waals surface area contributed by atoms with Gasteiger partial charge in [-0.05, 0) is 30.5 Å². The van der Waals surface area contributed by atoms with E-state index in [0.29, 0.717) is 5.57 Å². The molecule has 1 aliphatic heterocycles. The Hall–Kier alpha value is -0.596. The third-order valence-corrected chi connectivity index (χ3v) is 2.74. The van der Waals surface area contributed by atoms with Gasteiger partial charge in [-0.15, -0.1) is 13.1 Å². The monoisotopic (exact) mass is 348 g/mol. The number of hydrogen-bond acceptors (Lipinski definition) is 1. The van der Waals surface area contributed by atoms with E-state index in [-0.39, 0.29) is 38.5 Å². The SMILES string of the molecule is C[N-]C.N#CC(=C1CC[N-]CC1)c1ccc(F)cc1.[Y]. The topological polar surface area (TPSA) is 52.0 Å². The Labute approximate surface area is 145 Å². The molecule has 105 valence electrons. The maximum Gasteiger partial charge on any atom is 0.123 e. The molecule has 1 aliphatic rings. The van der Waals surface area contributed by atoms with Crippen LogP contribution < -0.4 is 0 Å². The fourth-order valence-corrected chi connectivity index (χ4v) is 1.88. The summed E-state index contributed by atoms with van der Waals surface area (Å²) in [6, 6.07) is 8.32. The molecule has 1 saturated heterocycles. The number of allylic oxidation sites excluding steroid dienone is 1. The molecular weight excluding hydrogens is 330 g/mol. The van der Waals surface area contributed by atoms with Crippen molar-refractivity contribution in [3.8, 4) is 6.07 Å². The van der Waals surface area contributed by atoms with E-state index in [9.17, 15) is 4.39 Å². The maximum atomic E-state index is 12.8. The largest absolute Gasteiger partial charge is 0.668 e. The number of benzene rings is 1. The normalized spacial score (nSPS) is 13.4. The zero-order chi connectivity index (χ0) is 14.1. The third kappa shape index (κ3) is 6.24. The van der Waals surface area contributed by atoms with Crippen molar-refractivity contribution in [3.05, 3.63) is 51.9 Å². The minimum absolute atomic E-state index is 0. The van der Waals surface area contributed by atoms with Gasteiger partial charge in [0.15, 0.2) is 0 Å². The first-order chi connectivity index (χ1) is 9.22. The minimum Gasteiger partial charge on any atom is -0.668 e. The van der Waals surface area contributed by atoms with Gasteiger partial charge in [-0.25, -0.2) is 4.39 Å². The molecule has 3 nitrogen and oxygen atoms in total. The molecule has 0 atom stereocenters. The number of nitrogens with zero attached hydrogens (tertiary/aromatic N) is 3. The van der Waals surface area contributed by atoms with Gasteiger partial charge in [0.2, 0.25) is 0 Å². The van der Waals surface area contributed by atoms with Gasteiger partial charge in [-0.1, -0.05) is 17.7 Å². The quantitative estimate of drug-likeness (QED) is 0.711. The summed E-state index contributed by atoms with van der Waals surface area (Å²) in [5, 5.41) is 16.9. The summed E-state index contributed by atoms with van der Waals surface area (Å²) >= 11 is 0. The smallest absolute Gasteiger partial charge is 0.123 e. The average molecular weight is 348 g/mol. The number of nitriles is 1. The van der Waals surface area contributed by atoms with Gasteiger partial charge in [0, 0.05) is 32.7 Å². The van der Waals surface area contributed by atoms with Crippen LogP contribution in [-0.2, 0) is 32.7 Å². The molecule has 0 N–H and O–H groups in total. The molecule has 0 aromatic heterocycles. The summed E-state index contributed by atoms with van der Waals surface area (Å²) < 4.78 is 12.8. The van der Waals surface area contributed by atoms with Crippen LogP contribution in [0.5, 0.6) is 0 Å². The van der Waals surface area contributed by atoms with Gasteiger partial charge >= 0.3 is 0 Å². The van der Waals surface area contributed by atoms with E-state index in [1.165, 1.54) is 12.1 Å². The minimum atomic E-state index is -0.273. The predicted octanol–water partition coefficient (Wildman–Crippen LogP) is 3.89. The van der Waals surface area contributed by atoms with Gasteiger partial charge in [0.05, 0.1) is 11.6 Å². The molecule has 1 aromatic carbocycles. The molecule has 20 heavy (non-hydrogen) atoms. The Kier molecular flexibility index (Phi) is 10.8. The average Bonchev–Trinajstić information content (AvgIpc) is 2.44. The molecule has 0 amide bonds. The molecule has 0 saturated carbocycles. The van der Waals surface area contributed by atoms with Crippen molar-refractivity contribution in [2.75, 3.05) is 27.2 Å². The van der Waals surface area contributed by atoms with E-state index < -0.39 is 0 Å². The van der Waals surface area contributed by atoms with Crippen molar-refractivity contribution < 1.29 is 37.1 Å². The van der Waals surface area contributed by atoms with Crippen molar-refractivity contribution in [1.82, 2.24) is 0 Å². The van der Waals surface area contributed by atoms with Gasteiger partial charge in [-0.2, -0.15) is 19.4 Å². The van der Waals surface area contributed by atoms with Crippen LogP contribution in [0.2, 0.25) is 0 Å². The molecule has 1 heterocycles. The second-order valence-corrected chi connectivity index (χ2v) is 4.22. The van der Waals surface area contributed by atoms with Crippen molar-refractivity contribution in [1.29, 1.82) is 5.26 Å². The summed E-state index contributed by atoms with van der Waals surface area (Å²) in [6.45, 7) is 1.59. The molecule has 5 heteroatoms. The van der Waals surface area contributed by atoms with Crippen molar-refractivity contribution in [3.63, 3.8) is 0 Å². The summed E-state index contributed by atoms with van der Waals surface area (Å²) in [7, 11) is 3.50. The van der Waals surface area contributed by atoms with Gasteiger partial charge in [0.1, 0.15) is 5.82 Å². The number of rotatable bonds is 1. The summed E-state index contributed by atoms with van der Waals surface area (Å²) in [5.74, 6) is -0.273. The zero-order valence-corrected chi connectivity index (χ0v) is 14.8. The van der Waals surface area contributed by atoms with Gasteiger partial charge in [-0.3, -0.25) is 0 Å². The molecule has 2 rings (SSSR count). The Bertz CT molecular complexity index is 455. The first-order valence-corrected chi connectivity index (χ1v) is 6.22. The van der Waals surface area contributed by atoms with Crippen LogP contribution in [0.15, 0.2) is 29.8 Å². The molecule has 1 fully saturated rings. The predicted molar refractivity (Wildman–Crippen MR) is 76.5 cm³/mol. The molecule has 0 unspecified atom stereocenters. The van der Waals surface area contributed by atoms with Gasteiger partial charge in [0.25, 0.3) is 0 Å². The summed E-state index contributed by atoms with van der Waals surface area (Å²) in [5.41, 5.74) is 2.64. The molecule has 1 aromatic rings. The second kappa shape index (κ2) is 11.1. The molecule has 0 aliphatic carbocycles. The van der Waals surface area contributed by atoms with Gasteiger partial charge < -0.3 is 10.6 Å². The third-order valence-electron chi connectivity index (χ3n) is 2.74. The zero-order valence-electron chi connectivity index (χ0n) is 11.9. The number of piperidine rings is 1. The van der Waals surface area contributed by atoms with E-state index in [1.54, 1.807) is 26.2 Å². The van der Waals surface area contributed by atoms with Crippen LogP contribution in [0.4, 0.5) is 4.39 Å². The van der Waals surface area contributed by atoms with Crippen LogP contribution >= 0.6 is 0 Å². The fourth-order valence-electron chi connectivity index (χ4n) is 1.88. The standard InChI is InChI=1S/C13H12FN2.C2H6N.Y/c14-12-3-1-10(2-4-12)13(9-15)11-5-7-16-8-6-11;1-3-2;/h1-4H,5-8H2;1-2H3;/q2*-1;. The van der Waals surface area contributed by atoms with Crippen LogP contribution in [0, 0.1) is 17.1 Å². The van der Waals surface area contributed by atoms with Crippen LogP contribution in [0.25, 0.3) is 16.2 Å². The Balaban J connectivity index is 0.000000830. The Morgan fingerprint density at radius 1 is 1.20 bits per heavy atom. The Morgan fingerprint density at radius 2 is 1.70 bits per heavy atom. The van der Waals surface area contributed by atoms with E-state index in [0.717, 1.165) is 37.1 Å². The molecule has 0 spiro atoms. The fraction of sp³-hybridized carbons (Fsp3) is 0.400. The van der Waals surface area contributed by atoms with E-state index in [1.807, 2.05) is 0 Å². The first kappa shape index (κ1) is 19.4. The summed E-state index contributed by atoms with van der Waals surface area (Å²) in [6.07, 6.45) is 1.69. The van der Waals surface area contributed by atoms with Crippen molar-refractivity contribution >= 4 is 5.57 Å². The van der Waals surface area contributed by atoms with Crippen LogP contribution in [0.1, 0.15) is 18.4 Å². The molecular formula is C15H18FN3Y-2. The van der Waals surface area contributed by atoms with Crippen LogP contribution in [0.3, 0.4) is 0 Å². The Morgan fingerprint density at radius 3 is 2.15 bits per heavy atom. The summed E-state index contributed by atoms with van der Waals surface area (Å²) in [4.78, 5) is 0. The maximum absolute atomic E-state index is 12.8. The van der Waals surface area contributed by atoms with E-state index in [4.69, 9.17) is 5.26 Å². The van der Waals surface area contributed by atoms with Crippen molar-refractivity contribution in [2.24, 2.45) is 0 Å². The van der Waals surface area contributed by atoms with Crippen LogP contribution in [-0.4, -0.2) is 27.2 Å². The second-order valence-electron chi connectivity index (χ2n) is 4.22. The molecule has 0 bridgehead atoms. The first-order valence-electron chi connectivity index (χ1n) is 6.22. The molecule has 1 radical (unpaired) electrons.